The first-order chi connectivity index (χ1) is 19.3. The number of nitrogens with one attached hydrogen (secondary N) is 1. The lowest BCUT2D eigenvalue weighted by Crippen LogP contribution is -2.41. The Hall–Kier alpha value is -2.50. The van der Waals surface area contributed by atoms with Crippen LogP contribution >= 0.6 is 27.0 Å². The molecule has 2 N–H and O–H groups in total. The number of benzene rings is 1. The molecule has 0 aliphatic carbocycles. The highest BCUT2D eigenvalue weighted by Crippen LogP contribution is 2.32. The second-order valence-electron chi connectivity index (χ2n) is 12.3. The molecule has 242 valence electrons. The number of hydrogen-bond acceptors (Lipinski definition) is 5. The Kier molecular flexibility index (Phi) is 15.3. The zero-order valence-electron chi connectivity index (χ0n) is 26.7. The van der Waals surface area contributed by atoms with E-state index in [4.69, 9.17) is 0 Å². The number of anilines is 1. The SMILES string of the molecule is Cc1cc(=O)n(C(CC(C)C)C(=O)N[C@@H](CC(=O)O)c2cc(N3CCCC[C@@H]3C)cc(C)c2F)cc1CCN(C)C.S.S. The smallest absolute Gasteiger partial charge is 0.305 e. The van der Waals surface area contributed by atoms with E-state index in [2.05, 4.69) is 22.0 Å². The van der Waals surface area contributed by atoms with Gasteiger partial charge in [0.05, 0.1) is 12.5 Å². The molecule has 11 heteroatoms. The Balaban J connectivity index is 0.00000462. The van der Waals surface area contributed by atoms with Crippen LogP contribution in [0.3, 0.4) is 0 Å². The van der Waals surface area contributed by atoms with Gasteiger partial charge in [0.2, 0.25) is 5.91 Å². The van der Waals surface area contributed by atoms with Crippen LogP contribution in [0, 0.1) is 25.6 Å². The number of halogens is 1. The summed E-state index contributed by atoms with van der Waals surface area (Å²) in [5.74, 6) is -2.10. The van der Waals surface area contributed by atoms with Gasteiger partial charge in [-0.2, -0.15) is 27.0 Å². The molecular weight excluding hydrogens is 588 g/mol. The quantitative estimate of drug-likeness (QED) is 0.331. The fourth-order valence-electron chi connectivity index (χ4n) is 5.69. The highest BCUT2D eigenvalue weighted by atomic mass is 32.1. The van der Waals surface area contributed by atoms with Gasteiger partial charge in [-0.3, -0.25) is 14.4 Å². The van der Waals surface area contributed by atoms with Gasteiger partial charge < -0.3 is 24.8 Å². The van der Waals surface area contributed by atoms with Crippen LogP contribution in [0.25, 0.3) is 0 Å². The second kappa shape index (κ2) is 17.1. The number of amides is 1. The first-order valence-corrected chi connectivity index (χ1v) is 14.7. The lowest BCUT2D eigenvalue weighted by Gasteiger charge is -2.36. The van der Waals surface area contributed by atoms with E-state index < -0.39 is 36.2 Å². The Morgan fingerprint density at radius 2 is 1.79 bits per heavy atom. The van der Waals surface area contributed by atoms with Crippen LogP contribution in [0.2, 0.25) is 0 Å². The Bertz CT molecular complexity index is 1300. The molecule has 1 aromatic carbocycles. The summed E-state index contributed by atoms with van der Waals surface area (Å²) in [6.07, 6.45) is 5.55. The number of hydrogen-bond donors (Lipinski definition) is 2. The van der Waals surface area contributed by atoms with Gasteiger partial charge in [-0.1, -0.05) is 13.8 Å². The highest BCUT2D eigenvalue weighted by molar-refractivity contribution is 7.59. The van der Waals surface area contributed by atoms with Crippen LogP contribution in [0.1, 0.15) is 87.2 Å². The summed E-state index contributed by atoms with van der Waals surface area (Å²) in [6, 6.07) is 3.34. The predicted octanol–water partition coefficient (Wildman–Crippen LogP) is 5.23. The maximum atomic E-state index is 15.6. The Labute approximate surface area is 269 Å². The lowest BCUT2D eigenvalue weighted by atomic mass is 9.96. The van der Waals surface area contributed by atoms with Gasteiger partial charge in [0.1, 0.15) is 11.9 Å². The van der Waals surface area contributed by atoms with Crippen molar-refractivity contribution in [2.75, 3.05) is 32.1 Å². The maximum absolute atomic E-state index is 15.6. The standard InChI is InChI=1S/C32H47FN4O4.2H2S/c1-20(2)14-28(37-19-24(11-13-35(6)7)21(3)16-29(37)38)32(41)34-27(18-30(39)40)26-17-25(15-22(4)31(26)33)36-12-9-8-10-23(36)5;;/h15-17,19-20,23,27-28H,8-14,18H2,1-7H3,(H,34,41)(H,39,40);2*1H2/t23-,27-,28?;;/m0../s1. The van der Waals surface area contributed by atoms with Crippen LogP contribution in [-0.2, 0) is 16.0 Å². The van der Waals surface area contributed by atoms with E-state index in [-0.39, 0.29) is 50.1 Å². The third-order valence-electron chi connectivity index (χ3n) is 8.03. The molecule has 1 aliphatic heterocycles. The van der Waals surface area contributed by atoms with E-state index in [9.17, 15) is 19.5 Å². The average molecular weight is 639 g/mol. The first-order valence-electron chi connectivity index (χ1n) is 14.7. The van der Waals surface area contributed by atoms with Crippen molar-refractivity contribution in [3.05, 3.63) is 62.8 Å². The molecule has 43 heavy (non-hydrogen) atoms. The molecule has 8 nitrogen and oxygen atoms in total. The molecule has 0 saturated carbocycles. The highest BCUT2D eigenvalue weighted by Gasteiger charge is 2.30. The van der Waals surface area contributed by atoms with E-state index in [0.29, 0.717) is 18.4 Å². The zero-order valence-corrected chi connectivity index (χ0v) is 28.7. The number of pyridine rings is 1. The molecule has 1 amide bonds. The van der Waals surface area contributed by atoms with Gasteiger partial charge in [-0.25, -0.2) is 4.39 Å². The van der Waals surface area contributed by atoms with Crippen molar-refractivity contribution >= 4 is 44.6 Å². The maximum Gasteiger partial charge on any atom is 0.305 e. The van der Waals surface area contributed by atoms with Crippen molar-refractivity contribution in [2.24, 2.45) is 5.92 Å². The van der Waals surface area contributed by atoms with Gasteiger partial charge >= 0.3 is 5.97 Å². The molecule has 1 fully saturated rings. The van der Waals surface area contributed by atoms with Crippen molar-refractivity contribution in [3.63, 3.8) is 0 Å². The molecule has 2 heterocycles. The summed E-state index contributed by atoms with van der Waals surface area (Å²) in [5, 5.41) is 12.6. The number of piperidine rings is 1. The third-order valence-corrected chi connectivity index (χ3v) is 8.03. The van der Waals surface area contributed by atoms with E-state index in [1.54, 1.807) is 31.3 Å². The summed E-state index contributed by atoms with van der Waals surface area (Å²) in [4.78, 5) is 43.3. The van der Waals surface area contributed by atoms with Crippen molar-refractivity contribution in [3.8, 4) is 0 Å². The number of aliphatic carboxylic acids is 1. The molecule has 3 rings (SSSR count). The predicted molar refractivity (Wildman–Crippen MR) is 182 cm³/mol. The summed E-state index contributed by atoms with van der Waals surface area (Å²) in [7, 11) is 3.95. The van der Waals surface area contributed by atoms with Crippen molar-refractivity contribution in [1.29, 1.82) is 0 Å². The fraction of sp³-hybridized carbons (Fsp3) is 0.594. The molecule has 1 saturated heterocycles. The van der Waals surface area contributed by atoms with E-state index in [1.165, 1.54) is 4.57 Å². The molecule has 0 bridgehead atoms. The molecule has 0 radical (unpaired) electrons. The molecule has 1 aliphatic rings. The minimum absolute atomic E-state index is 0. The normalized spacial score (nSPS) is 16.3. The van der Waals surface area contributed by atoms with Gasteiger partial charge in [0.25, 0.3) is 5.56 Å². The first kappa shape index (κ1) is 38.5. The van der Waals surface area contributed by atoms with E-state index in [0.717, 1.165) is 49.2 Å². The van der Waals surface area contributed by atoms with Crippen molar-refractivity contribution < 1.29 is 19.1 Å². The van der Waals surface area contributed by atoms with E-state index in [1.807, 2.05) is 34.9 Å². The summed E-state index contributed by atoms with van der Waals surface area (Å²) >= 11 is 0. The van der Waals surface area contributed by atoms with Crippen LogP contribution < -0.4 is 15.8 Å². The summed E-state index contributed by atoms with van der Waals surface area (Å²) in [5.41, 5.74) is 2.91. The lowest BCUT2D eigenvalue weighted by molar-refractivity contribution is -0.138. The molecule has 3 atom stereocenters. The third kappa shape index (κ3) is 10.3. The van der Waals surface area contributed by atoms with Gasteiger partial charge in [-0.05, 0) is 102 Å². The number of carbonyl (C=O) groups excluding carboxylic acids is 1. The number of carboxylic acids is 1. The number of aryl methyl sites for hydroxylation is 2. The monoisotopic (exact) mass is 638 g/mol. The van der Waals surface area contributed by atoms with Crippen LogP contribution in [-0.4, -0.2) is 59.7 Å². The summed E-state index contributed by atoms with van der Waals surface area (Å²) in [6.45, 7) is 11.2. The van der Waals surface area contributed by atoms with E-state index >= 15 is 4.39 Å². The van der Waals surface area contributed by atoms with Crippen molar-refractivity contribution in [1.82, 2.24) is 14.8 Å². The molecule has 1 aromatic heterocycles. The van der Waals surface area contributed by atoms with Crippen molar-refractivity contribution in [2.45, 2.75) is 91.3 Å². The minimum Gasteiger partial charge on any atom is -0.481 e. The number of likely N-dealkylation sites (N-methyl/N-ethyl adjacent to an activating group) is 1. The number of carbonyl (C=O) groups is 2. The number of carboxylic acid groups (broad SMARTS) is 1. The molecule has 0 spiro atoms. The van der Waals surface area contributed by atoms with Crippen LogP contribution in [0.15, 0.2) is 29.2 Å². The number of nitrogens with zero attached hydrogens (tertiary/aromatic N) is 3. The van der Waals surface area contributed by atoms with Gasteiger partial charge in [0.15, 0.2) is 0 Å². The largest absolute Gasteiger partial charge is 0.481 e. The topological polar surface area (TPSA) is 94.9 Å². The zero-order chi connectivity index (χ0) is 30.4. The molecule has 2 aromatic rings. The second-order valence-corrected chi connectivity index (χ2v) is 12.3. The Morgan fingerprint density at radius 3 is 2.37 bits per heavy atom. The van der Waals surface area contributed by atoms with Crippen LogP contribution in [0.4, 0.5) is 10.1 Å². The minimum atomic E-state index is -1.15. The van der Waals surface area contributed by atoms with Gasteiger partial charge in [0, 0.05) is 42.6 Å². The molecule has 1 unspecified atom stereocenters. The fourth-order valence-corrected chi connectivity index (χ4v) is 5.69. The Morgan fingerprint density at radius 1 is 1.12 bits per heavy atom. The molecular formula is C32H51FN4O4S2. The number of aromatic nitrogens is 1. The number of rotatable bonds is 12. The van der Waals surface area contributed by atoms with Crippen LogP contribution in [0.5, 0.6) is 0 Å². The summed E-state index contributed by atoms with van der Waals surface area (Å²) < 4.78 is 17.1. The van der Waals surface area contributed by atoms with Gasteiger partial charge in [-0.15, -0.1) is 0 Å². The average Bonchev–Trinajstić information content (AvgIpc) is 2.88.